The predicted octanol–water partition coefficient (Wildman–Crippen LogP) is 1.34. The lowest BCUT2D eigenvalue weighted by Crippen LogP contribution is -2.27. The Morgan fingerprint density at radius 1 is 1.31 bits per heavy atom. The van der Waals surface area contributed by atoms with Crippen LogP contribution in [0.15, 0.2) is 0 Å². The molecule has 0 radical (unpaired) electrons. The van der Waals surface area contributed by atoms with Crippen LogP contribution in [0.3, 0.4) is 0 Å². The molecule has 2 aliphatic heterocycles. The van der Waals surface area contributed by atoms with Crippen LogP contribution in [0.4, 0.5) is 0 Å². The van der Waals surface area contributed by atoms with Crippen LogP contribution in [0.25, 0.3) is 0 Å². The largest absolute Gasteiger partial charge is 0.381 e. The zero-order valence-corrected chi connectivity index (χ0v) is 10.6. The quantitative estimate of drug-likeness (QED) is 0.740. The van der Waals surface area contributed by atoms with Crippen LogP contribution in [0.5, 0.6) is 0 Å². The molecule has 16 heavy (non-hydrogen) atoms. The molecule has 2 atom stereocenters. The topological polar surface area (TPSA) is 24.5 Å². The van der Waals surface area contributed by atoms with E-state index in [2.05, 4.69) is 17.1 Å². The molecule has 0 amide bonds. The van der Waals surface area contributed by atoms with Crippen LogP contribution in [-0.2, 0) is 4.74 Å². The zero-order chi connectivity index (χ0) is 11.2. The number of likely N-dealkylation sites (tertiary alicyclic amines) is 1. The fourth-order valence-corrected chi connectivity index (χ4v) is 2.81. The molecule has 0 aromatic heterocycles. The van der Waals surface area contributed by atoms with E-state index in [0.29, 0.717) is 0 Å². The van der Waals surface area contributed by atoms with E-state index in [9.17, 15) is 0 Å². The number of hydrogen-bond acceptors (Lipinski definition) is 3. The lowest BCUT2D eigenvalue weighted by atomic mass is 10.1. The first kappa shape index (κ1) is 12.3. The van der Waals surface area contributed by atoms with Gasteiger partial charge in [0.25, 0.3) is 0 Å². The molecular weight excluding hydrogens is 200 g/mol. The van der Waals surface area contributed by atoms with Crippen LogP contribution in [0.1, 0.15) is 26.2 Å². The van der Waals surface area contributed by atoms with Gasteiger partial charge in [-0.15, -0.1) is 0 Å². The highest BCUT2D eigenvalue weighted by atomic mass is 16.5. The summed E-state index contributed by atoms with van der Waals surface area (Å²) in [7, 11) is 0. The molecule has 0 saturated carbocycles. The molecule has 2 fully saturated rings. The Bertz CT molecular complexity index is 192. The first-order valence-corrected chi connectivity index (χ1v) is 6.89. The molecule has 2 heterocycles. The molecule has 0 spiro atoms. The van der Waals surface area contributed by atoms with Gasteiger partial charge >= 0.3 is 0 Å². The van der Waals surface area contributed by atoms with Crippen molar-refractivity contribution in [3.8, 4) is 0 Å². The number of rotatable bonds is 6. The summed E-state index contributed by atoms with van der Waals surface area (Å²) in [6.45, 7) is 10.4. The van der Waals surface area contributed by atoms with Crippen molar-refractivity contribution in [3.05, 3.63) is 0 Å². The molecule has 0 aromatic rings. The molecule has 2 unspecified atom stereocenters. The third-order valence-electron chi connectivity index (χ3n) is 3.93. The van der Waals surface area contributed by atoms with Crippen LogP contribution < -0.4 is 5.32 Å². The second-order valence-electron chi connectivity index (χ2n) is 5.28. The molecule has 94 valence electrons. The summed E-state index contributed by atoms with van der Waals surface area (Å²) in [6, 6.07) is 0. The van der Waals surface area contributed by atoms with E-state index in [1.54, 1.807) is 0 Å². The average molecular weight is 226 g/mol. The van der Waals surface area contributed by atoms with E-state index in [-0.39, 0.29) is 0 Å². The summed E-state index contributed by atoms with van der Waals surface area (Å²) in [5.74, 6) is 1.73. The van der Waals surface area contributed by atoms with Gasteiger partial charge in [-0.05, 0) is 57.3 Å². The first-order chi connectivity index (χ1) is 7.88. The molecule has 2 rings (SSSR count). The van der Waals surface area contributed by atoms with E-state index in [4.69, 9.17) is 4.74 Å². The second-order valence-corrected chi connectivity index (χ2v) is 5.28. The van der Waals surface area contributed by atoms with Gasteiger partial charge in [-0.25, -0.2) is 0 Å². The molecule has 0 aromatic carbocycles. The molecule has 3 heteroatoms. The minimum Gasteiger partial charge on any atom is -0.381 e. The molecular formula is C13H26N2O. The first-order valence-electron chi connectivity index (χ1n) is 6.89. The summed E-state index contributed by atoms with van der Waals surface area (Å²) in [4.78, 5) is 2.64. The van der Waals surface area contributed by atoms with Gasteiger partial charge in [0.1, 0.15) is 0 Å². The monoisotopic (exact) mass is 226 g/mol. The Kier molecular flexibility index (Phi) is 5.07. The molecule has 2 saturated heterocycles. The van der Waals surface area contributed by atoms with Crippen molar-refractivity contribution in [2.24, 2.45) is 11.8 Å². The molecule has 1 N–H and O–H groups in total. The third kappa shape index (κ3) is 3.72. The molecule has 3 nitrogen and oxygen atoms in total. The number of nitrogens with one attached hydrogen (secondary N) is 1. The van der Waals surface area contributed by atoms with Gasteiger partial charge in [0.2, 0.25) is 0 Å². The molecule has 2 aliphatic rings. The van der Waals surface area contributed by atoms with Gasteiger partial charge in [0, 0.05) is 19.8 Å². The van der Waals surface area contributed by atoms with Crippen molar-refractivity contribution in [3.63, 3.8) is 0 Å². The van der Waals surface area contributed by atoms with Crippen LogP contribution >= 0.6 is 0 Å². The highest BCUT2D eigenvalue weighted by molar-refractivity contribution is 4.78. The van der Waals surface area contributed by atoms with E-state index >= 15 is 0 Å². The number of nitrogens with zero attached hydrogens (tertiary/aromatic N) is 1. The van der Waals surface area contributed by atoms with Crippen molar-refractivity contribution in [2.45, 2.75) is 26.2 Å². The molecule has 0 bridgehead atoms. The van der Waals surface area contributed by atoms with Gasteiger partial charge in [0.15, 0.2) is 0 Å². The van der Waals surface area contributed by atoms with Crippen molar-refractivity contribution < 1.29 is 4.74 Å². The Morgan fingerprint density at radius 3 is 3.00 bits per heavy atom. The highest BCUT2D eigenvalue weighted by Crippen LogP contribution is 2.20. The van der Waals surface area contributed by atoms with Crippen molar-refractivity contribution in [2.75, 3.05) is 45.9 Å². The maximum Gasteiger partial charge on any atom is 0.0495 e. The fourth-order valence-electron chi connectivity index (χ4n) is 2.81. The zero-order valence-electron chi connectivity index (χ0n) is 10.6. The summed E-state index contributed by atoms with van der Waals surface area (Å²) in [5, 5.41) is 3.46. The van der Waals surface area contributed by atoms with Gasteiger partial charge in [0.05, 0.1) is 0 Å². The SMILES string of the molecule is CCNCC1CCN(CCC2CCOC2)C1. The molecule has 0 aliphatic carbocycles. The van der Waals surface area contributed by atoms with E-state index in [0.717, 1.165) is 31.6 Å². The summed E-state index contributed by atoms with van der Waals surface area (Å²) in [6.07, 6.45) is 4.01. The van der Waals surface area contributed by atoms with Crippen molar-refractivity contribution in [1.29, 1.82) is 0 Å². The van der Waals surface area contributed by atoms with Gasteiger partial charge in [-0.2, -0.15) is 0 Å². The average Bonchev–Trinajstić information content (AvgIpc) is 2.95. The van der Waals surface area contributed by atoms with Crippen LogP contribution in [0.2, 0.25) is 0 Å². The van der Waals surface area contributed by atoms with Gasteiger partial charge < -0.3 is 15.0 Å². The van der Waals surface area contributed by atoms with E-state index in [1.807, 2.05) is 0 Å². The standard InChI is InChI=1S/C13H26N2O/c1-2-14-9-13-4-7-15(10-13)6-3-12-5-8-16-11-12/h12-14H,2-11H2,1H3. The Morgan fingerprint density at radius 2 is 2.25 bits per heavy atom. The maximum atomic E-state index is 5.42. The minimum atomic E-state index is 0.841. The lowest BCUT2D eigenvalue weighted by Gasteiger charge is -2.18. The van der Waals surface area contributed by atoms with E-state index in [1.165, 1.54) is 45.4 Å². The lowest BCUT2D eigenvalue weighted by molar-refractivity contribution is 0.180. The highest BCUT2D eigenvalue weighted by Gasteiger charge is 2.23. The predicted molar refractivity (Wildman–Crippen MR) is 66.6 cm³/mol. The van der Waals surface area contributed by atoms with Crippen molar-refractivity contribution in [1.82, 2.24) is 10.2 Å². The summed E-state index contributed by atoms with van der Waals surface area (Å²) in [5.41, 5.74) is 0. The third-order valence-corrected chi connectivity index (χ3v) is 3.93. The summed E-state index contributed by atoms with van der Waals surface area (Å²) < 4.78 is 5.42. The second kappa shape index (κ2) is 6.58. The van der Waals surface area contributed by atoms with Crippen molar-refractivity contribution >= 4 is 0 Å². The summed E-state index contributed by atoms with van der Waals surface area (Å²) >= 11 is 0. The minimum absolute atomic E-state index is 0.841. The Labute approximate surface area is 99.5 Å². The van der Waals surface area contributed by atoms with E-state index < -0.39 is 0 Å². The van der Waals surface area contributed by atoms with Gasteiger partial charge in [-0.3, -0.25) is 0 Å². The smallest absolute Gasteiger partial charge is 0.0495 e. The van der Waals surface area contributed by atoms with Crippen LogP contribution in [0, 0.1) is 11.8 Å². The normalized spacial score (nSPS) is 31.3. The Hall–Kier alpha value is -0.120. The van der Waals surface area contributed by atoms with Gasteiger partial charge in [-0.1, -0.05) is 6.92 Å². The maximum absolute atomic E-state index is 5.42. The number of ether oxygens (including phenoxy) is 1. The fraction of sp³-hybridized carbons (Fsp3) is 1.00. The van der Waals surface area contributed by atoms with Crippen LogP contribution in [-0.4, -0.2) is 50.8 Å². The number of hydrogen-bond donors (Lipinski definition) is 1. The Balaban J connectivity index is 1.57.